The van der Waals surface area contributed by atoms with E-state index in [1.165, 1.54) is 6.92 Å². The van der Waals surface area contributed by atoms with Gasteiger partial charge in [0.05, 0.1) is 12.2 Å². The van der Waals surface area contributed by atoms with Crippen molar-refractivity contribution in [1.29, 1.82) is 0 Å². The van der Waals surface area contributed by atoms with Crippen molar-refractivity contribution in [3.63, 3.8) is 0 Å². The summed E-state index contributed by atoms with van der Waals surface area (Å²) in [6, 6.07) is 0. The van der Waals surface area contributed by atoms with Gasteiger partial charge in [0.15, 0.2) is 5.60 Å². The smallest absolute Gasteiger partial charge is 0.302 e. The molecule has 0 saturated heterocycles. The lowest BCUT2D eigenvalue weighted by atomic mass is 9.43. The van der Waals surface area contributed by atoms with Crippen molar-refractivity contribution in [3.05, 3.63) is 0 Å². The van der Waals surface area contributed by atoms with Crippen LogP contribution in [0.2, 0.25) is 0 Å². The van der Waals surface area contributed by atoms with Gasteiger partial charge in [0.1, 0.15) is 12.9 Å². The molecule has 4 fully saturated rings. The lowest BCUT2D eigenvalue weighted by Gasteiger charge is -2.62. The molecule has 0 heterocycles. The minimum atomic E-state index is -1.09. The van der Waals surface area contributed by atoms with Crippen molar-refractivity contribution in [2.75, 3.05) is 13.9 Å². The van der Waals surface area contributed by atoms with E-state index in [2.05, 4.69) is 19.8 Å². The Kier molecular flexibility index (Phi) is 5.96. The van der Waals surface area contributed by atoms with Crippen molar-refractivity contribution < 1.29 is 29.2 Å². The van der Waals surface area contributed by atoms with Crippen LogP contribution >= 0.6 is 0 Å². The van der Waals surface area contributed by atoms with Gasteiger partial charge < -0.3 is 24.4 Å². The number of esters is 1. The Labute approximate surface area is 186 Å². The molecule has 4 saturated carbocycles. The fraction of sp³-hybridized carbons (Fsp3) is 0.880. The molecule has 0 radical (unpaired) electrons. The van der Waals surface area contributed by atoms with E-state index in [4.69, 9.17) is 20.6 Å². The second-order valence-corrected chi connectivity index (χ2v) is 10.9. The van der Waals surface area contributed by atoms with Gasteiger partial charge in [-0.2, -0.15) is 0 Å². The molecule has 0 aromatic heterocycles. The number of aliphatic hydroxyl groups is 2. The predicted molar refractivity (Wildman–Crippen MR) is 115 cm³/mol. The highest BCUT2D eigenvalue weighted by Crippen LogP contribution is 2.68. The first-order valence-corrected chi connectivity index (χ1v) is 11.8. The third kappa shape index (κ3) is 3.27. The monoisotopic (exact) mass is 434 g/mol. The number of carbonyl (C=O) groups excluding carboxylic acids is 1. The number of methoxy groups -OCH3 is 1. The number of carbonyl (C=O) groups is 1. The number of hydrogen-bond acceptors (Lipinski definition) is 6. The van der Waals surface area contributed by atoms with Crippen molar-refractivity contribution in [2.24, 2.45) is 34.5 Å². The second kappa shape index (κ2) is 8.02. The molecule has 6 heteroatoms. The zero-order valence-electron chi connectivity index (χ0n) is 19.3. The second-order valence-electron chi connectivity index (χ2n) is 10.9. The first-order chi connectivity index (χ1) is 14.6. The standard InChI is InChI=1S/C25H38O6/c1-6-25(30-14-29-5)21(28)13-19-22-18(8-10-24(19,25)4)23(3)9-7-17(31-15(2)26)11-16(23)12-20(22)27/h1,16-22,27-28H,7-14H2,2-5H3/t16-,17-,18?,19?,20-,21-,22?,23-,24-,25-/m0/s1. The van der Waals surface area contributed by atoms with E-state index in [0.717, 1.165) is 32.1 Å². The average molecular weight is 435 g/mol. The minimum absolute atomic E-state index is 0.0392. The summed E-state index contributed by atoms with van der Waals surface area (Å²) in [6.45, 7) is 6.02. The topological polar surface area (TPSA) is 85.2 Å². The van der Waals surface area contributed by atoms with E-state index in [0.29, 0.717) is 24.7 Å². The molecule has 0 aromatic carbocycles. The number of rotatable bonds is 4. The third-order valence-corrected chi connectivity index (χ3v) is 9.77. The van der Waals surface area contributed by atoms with Gasteiger partial charge in [0.25, 0.3) is 0 Å². The maximum Gasteiger partial charge on any atom is 0.302 e. The van der Waals surface area contributed by atoms with Gasteiger partial charge in [-0.25, -0.2) is 0 Å². The highest BCUT2D eigenvalue weighted by Gasteiger charge is 2.70. The molecule has 0 aromatic rings. The summed E-state index contributed by atoms with van der Waals surface area (Å²) >= 11 is 0. The number of terminal acetylenes is 1. The number of aliphatic hydroxyl groups excluding tert-OH is 2. The molecule has 31 heavy (non-hydrogen) atoms. The summed E-state index contributed by atoms with van der Waals surface area (Å²) in [6.07, 6.45) is 10.5. The van der Waals surface area contributed by atoms with Gasteiger partial charge in [0, 0.05) is 19.4 Å². The molecule has 0 amide bonds. The minimum Gasteiger partial charge on any atom is -0.463 e. The third-order valence-electron chi connectivity index (χ3n) is 9.77. The Bertz CT molecular complexity index is 747. The lowest BCUT2D eigenvalue weighted by Crippen LogP contribution is -2.61. The zero-order chi connectivity index (χ0) is 22.6. The van der Waals surface area contributed by atoms with Crippen molar-refractivity contribution in [2.45, 2.75) is 89.6 Å². The lowest BCUT2D eigenvalue weighted by molar-refractivity contribution is -0.215. The number of hydrogen-bond donors (Lipinski definition) is 2. The molecule has 3 unspecified atom stereocenters. The Balaban J connectivity index is 1.63. The molecule has 174 valence electrons. The highest BCUT2D eigenvalue weighted by molar-refractivity contribution is 5.66. The summed E-state index contributed by atoms with van der Waals surface area (Å²) in [5, 5.41) is 22.5. The Hall–Kier alpha value is -1.13. The van der Waals surface area contributed by atoms with Crippen LogP contribution in [0.1, 0.15) is 65.7 Å². The molecular weight excluding hydrogens is 396 g/mol. The van der Waals surface area contributed by atoms with Crippen LogP contribution in [0.3, 0.4) is 0 Å². The van der Waals surface area contributed by atoms with Crippen LogP contribution in [0.4, 0.5) is 0 Å². The summed E-state index contributed by atoms with van der Waals surface area (Å²) in [5.41, 5.74) is -1.41. The van der Waals surface area contributed by atoms with E-state index >= 15 is 0 Å². The number of fused-ring (bicyclic) bond motifs is 5. The van der Waals surface area contributed by atoms with Gasteiger partial charge in [-0.1, -0.05) is 19.8 Å². The van der Waals surface area contributed by atoms with Gasteiger partial charge in [-0.15, -0.1) is 6.42 Å². The fourth-order valence-corrected chi connectivity index (χ4v) is 8.25. The van der Waals surface area contributed by atoms with E-state index in [1.807, 2.05) is 0 Å². The van der Waals surface area contributed by atoms with Crippen molar-refractivity contribution >= 4 is 5.97 Å². The molecule has 0 aliphatic heterocycles. The Morgan fingerprint density at radius 2 is 1.87 bits per heavy atom. The molecule has 6 nitrogen and oxygen atoms in total. The molecule has 10 atom stereocenters. The molecule has 2 N–H and O–H groups in total. The molecule has 0 bridgehead atoms. The van der Waals surface area contributed by atoms with Crippen molar-refractivity contribution in [1.82, 2.24) is 0 Å². The summed E-state index contributed by atoms with van der Waals surface area (Å²) in [7, 11) is 1.56. The molecule has 0 spiro atoms. The summed E-state index contributed by atoms with van der Waals surface area (Å²) in [5.74, 6) is 3.47. The first-order valence-electron chi connectivity index (χ1n) is 11.8. The molecule has 4 aliphatic carbocycles. The van der Waals surface area contributed by atoms with Crippen LogP contribution in [0, 0.1) is 46.8 Å². The normalized spacial score (nSPS) is 51.2. The summed E-state index contributed by atoms with van der Waals surface area (Å²) in [4.78, 5) is 11.5. The van der Waals surface area contributed by atoms with Crippen LogP contribution in [0.25, 0.3) is 0 Å². The molecule has 4 rings (SSSR count). The highest BCUT2D eigenvalue weighted by atomic mass is 16.7. The summed E-state index contributed by atoms with van der Waals surface area (Å²) < 4.78 is 16.7. The number of ether oxygens (including phenoxy) is 3. The van der Waals surface area contributed by atoms with E-state index in [9.17, 15) is 15.0 Å². The van der Waals surface area contributed by atoms with Crippen LogP contribution in [-0.2, 0) is 19.0 Å². The Morgan fingerprint density at radius 1 is 1.13 bits per heavy atom. The van der Waals surface area contributed by atoms with Gasteiger partial charge in [0.2, 0.25) is 0 Å². The average Bonchev–Trinajstić information content (AvgIpc) is 2.94. The van der Waals surface area contributed by atoms with E-state index < -0.39 is 23.2 Å². The SMILES string of the molecule is C#C[C@]1(OCOC)[C@@H](O)CC2C3C(CC[C@@]21C)[C@@]1(C)CC[C@H](OC(C)=O)C[C@H]1C[C@@H]3O. The zero-order valence-corrected chi connectivity index (χ0v) is 19.3. The van der Waals surface area contributed by atoms with Crippen LogP contribution < -0.4 is 0 Å². The fourth-order valence-electron chi connectivity index (χ4n) is 8.25. The first kappa shape index (κ1) is 23.0. The van der Waals surface area contributed by atoms with E-state index in [-0.39, 0.29) is 36.1 Å². The molecular formula is C25H38O6. The van der Waals surface area contributed by atoms with Crippen molar-refractivity contribution in [3.8, 4) is 12.3 Å². The van der Waals surface area contributed by atoms with Crippen LogP contribution in [0.5, 0.6) is 0 Å². The Morgan fingerprint density at radius 3 is 2.52 bits per heavy atom. The molecule has 4 aliphatic rings. The van der Waals surface area contributed by atoms with Gasteiger partial charge >= 0.3 is 5.97 Å². The van der Waals surface area contributed by atoms with Gasteiger partial charge in [-0.05, 0) is 74.0 Å². The maximum absolute atomic E-state index is 11.5. The van der Waals surface area contributed by atoms with E-state index in [1.54, 1.807) is 7.11 Å². The van der Waals surface area contributed by atoms with Crippen LogP contribution in [0.15, 0.2) is 0 Å². The maximum atomic E-state index is 11.5. The largest absolute Gasteiger partial charge is 0.463 e. The quantitative estimate of drug-likeness (QED) is 0.402. The van der Waals surface area contributed by atoms with Crippen LogP contribution in [-0.4, -0.2) is 54.0 Å². The predicted octanol–water partition coefficient (Wildman–Crippen LogP) is 2.89. The van der Waals surface area contributed by atoms with Gasteiger partial charge in [-0.3, -0.25) is 4.79 Å².